The summed E-state index contributed by atoms with van der Waals surface area (Å²) in [6.07, 6.45) is 16.1. The maximum absolute atomic E-state index is 5.97. The van der Waals surface area contributed by atoms with E-state index in [2.05, 4.69) is 38.7 Å². The molecule has 0 saturated carbocycles. The minimum atomic E-state index is 0.458. The van der Waals surface area contributed by atoms with Crippen molar-refractivity contribution in [3.63, 3.8) is 0 Å². The molecule has 164 valence electrons. The van der Waals surface area contributed by atoms with Crippen LogP contribution in [0.4, 0.5) is 0 Å². The monoisotopic (exact) mass is 401 g/mol. The van der Waals surface area contributed by atoms with Crippen molar-refractivity contribution < 1.29 is 9.47 Å². The van der Waals surface area contributed by atoms with Crippen LogP contribution in [0.15, 0.2) is 58.6 Å². The van der Waals surface area contributed by atoms with Gasteiger partial charge in [-0.1, -0.05) is 37.0 Å². The maximum Gasteiger partial charge on any atom is 0.119 e. The fourth-order valence-corrected chi connectivity index (χ4v) is 3.73. The van der Waals surface area contributed by atoms with E-state index in [1.165, 1.54) is 60.8 Å². The molecule has 2 N–H and O–H groups in total. The molecule has 0 aromatic rings. The van der Waals surface area contributed by atoms with E-state index >= 15 is 0 Å². The molecular formula is C26H43NO2. The molecule has 0 amide bonds. The number of ether oxygens (including phenoxy) is 2. The number of methoxy groups -OCH3 is 1. The lowest BCUT2D eigenvalue weighted by Crippen LogP contribution is -2.12. The molecule has 3 nitrogen and oxygen atoms in total. The molecule has 2 aliphatic carbocycles. The molecule has 29 heavy (non-hydrogen) atoms. The highest BCUT2D eigenvalue weighted by molar-refractivity contribution is 5.39. The molecule has 0 saturated heterocycles. The summed E-state index contributed by atoms with van der Waals surface area (Å²) >= 11 is 0. The van der Waals surface area contributed by atoms with E-state index in [0.717, 1.165) is 24.4 Å². The molecule has 1 atom stereocenters. The Hall–Kier alpha value is -1.74. The maximum atomic E-state index is 5.97. The van der Waals surface area contributed by atoms with Crippen LogP contribution >= 0.6 is 0 Å². The van der Waals surface area contributed by atoms with Gasteiger partial charge in [0.15, 0.2) is 0 Å². The highest BCUT2D eigenvalue weighted by Gasteiger charge is 2.23. The van der Waals surface area contributed by atoms with Gasteiger partial charge in [-0.3, -0.25) is 0 Å². The van der Waals surface area contributed by atoms with Crippen LogP contribution < -0.4 is 5.73 Å². The van der Waals surface area contributed by atoms with E-state index in [4.69, 9.17) is 15.2 Å². The third kappa shape index (κ3) is 10.0. The van der Waals surface area contributed by atoms with E-state index in [1.807, 2.05) is 13.8 Å². The highest BCUT2D eigenvalue weighted by Crippen LogP contribution is 2.36. The van der Waals surface area contributed by atoms with Crippen LogP contribution in [0.1, 0.15) is 79.1 Å². The van der Waals surface area contributed by atoms with Crippen molar-refractivity contribution in [2.24, 2.45) is 11.7 Å². The lowest BCUT2D eigenvalue weighted by molar-refractivity contribution is 0.211. The zero-order valence-electron chi connectivity index (χ0n) is 19.5. The van der Waals surface area contributed by atoms with Gasteiger partial charge in [0.25, 0.3) is 0 Å². The van der Waals surface area contributed by atoms with Gasteiger partial charge >= 0.3 is 0 Å². The predicted molar refractivity (Wildman–Crippen MR) is 126 cm³/mol. The van der Waals surface area contributed by atoms with Crippen molar-refractivity contribution in [1.82, 2.24) is 0 Å². The highest BCUT2D eigenvalue weighted by atomic mass is 16.5. The van der Waals surface area contributed by atoms with E-state index in [9.17, 15) is 0 Å². The van der Waals surface area contributed by atoms with E-state index in [0.29, 0.717) is 19.1 Å². The fraction of sp³-hybridized carbons (Fsp3) is 0.615. The van der Waals surface area contributed by atoms with Gasteiger partial charge in [-0.2, -0.15) is 0 Å². The minimum absolute atomic E-state index is 0.458. The van der Waals surface area contributed by atoms with Crippen LogP contribution in [-0.2, 0) is 9.47 Å². The standard InChI is InChI=1S/C22H35NO2.C4H8/c1-4-5-6-9-18-14-20(25-12-11-23)16-21(22(15-18)24-3)19-10-7-8-17(2)13-19;1-4(2)3/h13-15,19H,4-12,16,23H2,1-3H3;1H2,2-3H3. The summed E-state index contributed by atoms with van der Waals surface area (Å²) in [5.41, 5.74) is 11.0. The Labute approximate surface area is 179 Å². The van der Waals surface area contributed by atoms with Gasteiger partial charge in [0, 0.05) is 18.9 Å². The van der Waals surface area contributed by atoms with Gasteiger partial charge in [-0.25, -0.2) is 0 Å². The third-order valence-electron chi connectivity index (χ3n) is 5.06. The minimum Gasteiger partial charge on any atom is -0.497 e. The van der Waals surface area contributed by atoms with Crippen molar-refractivity contribution in [2.75, 3.05) is 20.3 Å². The molecule has 2 aliphatic rings. The number of hydrogen-bond acceptors (Lipinski definition) is 3. The Kier molecular flexibility index (Phi) is 12.5. The van der Waals surface area contributed by atoms with Crippen LogP contribution in [0.5, 0.6) is 0 Å². The molecule has 0 aromatic heterocycles. The predicted octanol–water partition coefficient (Wildman–Crippen LogP) is 6.99. The molecule has 0 aliphatic heterocycles. The van der Waals surface area contributed by atoms with Crippen LogP contribution in [-0.4, -0.2) is 20.3 Å². The molecule has 0 aromatic carbocycles. The molecule has 0 heterocycles. The van der Waals surface area contributed by atoms with E-state index in [-0.39, 0.29) is 0 Å². The smallest absolute Gasteiger partial charge is 0.119 e. The van der Waals surface area contributed by atoms with Crippen molar-refractivity contribution >= 4 is 0 Å². The number of rotatable bonds is 9. The molecule has 0 fully saturated rings. The Morgan fingerprint density at radius 3 is 2.55 bits per heavy atom. The second-order valence-electron chi connectivity index (χ2n) is 8.41. The van der Waals surface area contributed by atoms with Crippen LogP contribution in [0.3, 0.4) is 0 Å². The van der Waals surface area contributed by atoms with Crippen LogP contribution in [0, 0.1) is 5.92 Å². The summed E-state index contributed by atoms with van der Waals surface area (Å²) in [6, 6.07) is 0. The fourth-order valence-electron chi connectivity index (χ4n) is 3.73. The van der Waals surface area contributed by atoms with Gasteiger partial charge in [-0.15, -0.1) is 6.58 Å². The summed E-state index contributed by atoms with van der Waals surface area (Å²) in [4.78, 5) is 0. The van der Waals surface area contributed by atoms with E-state index in [1.54, 1.807) is 7.11 Å². The molecular weight excluding hydrogens is 358 g/mol. The van der Waals surface area contributed by atoms with Gasteiger partial charge in [-0.05, 0) is 76.2 Å². The Morgan fingerprint density at radius 2 is 1.97 bits per heavy atom. The average molecular weight is 402 g/mol. The SMILES string of the molecule is C=C(C)C.CCCCCC1=CC(OC)=C(C2C=C(C)CCC2)CC(OCCN)=C1. The first-order chi connectivity index (χ1) is 13.9. The zero-order valence-corrected chi connectivity index (χ0v) is 19.5. The summed E-state index contributed by atoms with van der Waals surface area (Å²) in [6.45, 7) is 13.1. The molecule has 0 spiro atoms. The Bertz CT molecular complexity index is 633. The Morgan fingerprint density at radius 1 is 1.24 bits per heavy atom. The number of allylic oxidation sites excluding steroid dienone is 7. The molecule has 2 rings (SSSR count). The summed E-state index contributed by atoms with van der Waals surface area (Å²) in [7, 11) is 1.79. The first-order valence-corrected chi connectivity index (χ1v) is 11.2. The quantitative estimate of drug-likeness (QED) is 0.334. The number of nitrogens with two attached hydrogens (primary N) is 1. The molecule has 0 radical (unpaired) electrons. The van der Waals surface area contributed by atoms with Gasteiger partial charge < -0.3 is 15.2 Å². The zero-order chi connectivity index (χ0) is 21.6. The topological polar surface area (TPSA) is 44.5 Å². The summed E-state index contributed by atoms with van der Waals surface area (Å²) in [5.74, 6) is 2.52. The molecule has 0 bridgehead atoms. The van der Waals surface area contributed by atoms with Crippen molar-refractivity contribution in [3.05, 3.63) is 58.6 Å². The summed E-state index contributed by atoms with van der Waals surface area (Å²) < 4.78 is 11.8. The molecule has 3 heteroatoms. The second-order valence-corrected chi connectivity index (χ2v) is 8.41. The number of unbranched alkanes of at least 4 members (excludes halogenated alkanes) is 2. The van der Waals surface area contributed by atoms with Crippen molar-refractivity contribution in [1.29, 1.82) is 0 Å². The molecule has 1 unspecified atom stereocenters. The lowest BCUT2D eigenvalue weighted by Gasteiger charge is -2.24. The number of hydrogen-bond donors (Lipinski definition) is 1. The van der Waals surface area contributed by atoms with Crippen molar-refractivity contribution in [2.45, 2.75) is 79.1 Å². The van der Waals surface area contributed by atoms with Crippen LogP contribution in [0.2, 0.25) is 0 Å². The van der Waals surface area contributed by atoms with Gasteiger partial charge in [0.2, 0.25) is 0 Å². The normalized spacial score (nSPS) is 19.2. The third-order valence-corrected chi connectivity index (χ3v) is 5.06. The lowest BCUT2D eigenvalue weighted by atomic mass is 9.83. The summed E-state index contributed by atoms with van der Waals surface area (Å²) in [5, 5.41) is 0. The van der Waals surface area contributed by atoms with Crippen LogP contribution in [0.25, 0.3) is 0 Å². The van der Waals surface area contributed by atoms with Gasteiger partial charge in [0.1, 0.15) is 11.5 Å². The van der Waals surface area contributed by atoms with E-state index < -0.39 is 0 Å². The second kappa shape index (κ2) is 14.3. The first-order valence-electron chi connectivity index (χ1n) is 11.2. The van der Waals surface area contributed by atoms with Crippen molar-refractivity contribution in [3.8, 4) is 0 Å². The average Bonchev–Trinajstić information content (AvgIpc) is 2.85. The Balaban J connectivity index is 0.000000960. The van der Waals surface area contributed by atoms with Gasteiger partial charge in [0.05, 0.1) is 13.7 Å². The first kappa shape index (κ1) is 25.3. The largest absolute Gasteiger partial charge is 0.497 e.